The molecule has 1 heterocycles. The van der Waals surface area contributed by atoms with Crippen molar-refractivity contribution in [2.45, 2.75) is 16.1 Å². The van der Waals surface area contributed by atoms with Gasteiger partial charge in [0, 0.05) is 15.2 Å². The van der Waals surface area contributed by atoms with Crippen LogP contribution in [0.1, 0.15) is 27.1 Å². The van der Waals surface area contributed by atoms with Crippen LogP contribution < -0.4 is 0 Å². The van der Waals surface area contributed by atoms with Gasteiger partial charge < -0.3 is 0 Å². The van der Waals surface area contributed by atoms with Crippen molar-refractivity contribution in [3.05, 3.63) is 70.7 Å². The van der Waals surface area contributed by atoms with Gasteiger partial charge in [0.05, 0.1) is 22.4 Å². The van der Waals surface area contributed by atoms with Crippen molar-refractivity contribution in [1.82, 2.24) is 10.0 Å². The van der Waals surface area contributed by atoms with Gasteiger partial charge in [0.2, 0.25) is 0 Å². The summed E-state index contributed by atoms with van der Waals surface area (Å²) in [6.07, 6.45) is 0.772. The Kier molecular flexibility index (Phi) is 5.95. The van der Waals surface area contributed by atoms with Crippen LogP contribution in [0.15, 0.2) is 54.6 Å². The Morgan fingerprint density at radius 1 is 0.909 bits per heavy atom. The van der Waals surface area contributed by atoms with Crippen molar-refractivity contribution in [3.63, 3.8) is 0 Å². The standard InChI is InChI=1S/C24H19Br2ClN2O4/c25-20-14-10-15(21(20)26)19-18(14)23(32)29(24(19)33)28(11-17(30)12-6-2-1-3-7-12)22(31)13-8-4-5-9-16(13)27/h1-9,14-15,18-21H,10-11H2/t14-,15-,18-,19-,20+,21+/m1/s1. The number of hydrogen-bond donors (Lipinski definition) is 0. The third kappa shape index (κ3) is 3.58. The minimum absolute atomic E-state index is 0.00656. The second-order valence-electron chi connectivity index (χ2n) is 8.62. The number of carbonyl (C=O) groups excluding carboxylic acids is 4. The fraction of sp³-hybridized carbons (Fsp3) is 0.333. The van der Waals surface area contributed by atoms with E-state index in [0.29, 0.717) is 5.56 Å². The van der Waals surface area contributed by atoms with E-state index in [4.69, 9.17) is 11.6 Å². The fourth-order valence-corrected chi connectivity index (χ4v) is 7.52. The maximum absolute atomic E-state index is 13.6. The van der Waals surface area contributed by atoms with Gasteiger partial charge in [0.15, 0.2) is 5.78 Å². The van der Waals surface area contributed by atoms with Gasteiger partial charge in [-0.3, -0.25) is 19.2 Å². The summed E-state index contributed by atoms with van der Waals surface area (Å²) >= 11 is 13.6. The molecule has 6 nitrogen and oxygen atoms in total. The molecule has 0 spiro atoms. The van der Waals surface area contributed by atoms with Crippen LogP contribution in [-0.4, -0.2) is 49.7 Å². The SMILES string of the molecule is O=C(CN(C(=O)c1ccccc1Cl)N1C(=O)[C@@H]2[C@H]3C[C@@H]([C@H](Br)[C@H]3Br)[C@H]2C1=O)c1ccccc1. The molecule has 3 aliphatic rings. The van der Waals surface area contributed by atoms with Gasteiger partial charge in [-0.2, -0.15) is 5.01 Å². The summed E-state index contributed by atoms with van der Waals surface area (Å²) in [5.41, 5.74) is 0.507. The lowest BCUT2D eigenvalue weighted by molar-refractivity contribution is -0.154. The maximum atomic E-state index is 13.6. The highest BCUT2D eigenvalue weighted by molar-refractivity contribution is 9.12. The number of benzene rings is 2. The molecule has 1 aliphatic heterocycles. The van der Waals surface area contributed by atoms with E-state index in [-0.39, 0.29) is 37.9 Å². The zero-order valence-corrected chi connectivity index (χ0v) is 21.2. The number of carbonyl (C=O) groups is 4. The largest absolute Gasteiger partial charge is 0.292 e. The summed E-state index contributed by atoms with van der Waals surface area (Å²) in [5, 5.41) is 2.07. The first-order chi connectivity index (χ1) is 15.8. The third-order valence-electron chi connectivity index (χ3n) is 6.93. The predicted octanol–water partition coefficient (Wildman–Crippen LogP) is 4.36. The van der Waals surface area contributed by atoms with Crippen molar-refractivity contribution in [3.8, 4) is 0 Å². The molecular formula is C24H19Br2ClN2O4. The molecule has 0 N–H and O–H groups in total. The molecule has 0 aromatic heterocycles. The number of alkyl halides is 2. The summed E-state index contributed by atoms with van der Waals surface area (Å²) in [7, 11) is 0. The molecule has 2 aromatic rings. The quantitative estimate of drug-likeness (QED) is 0.293. The summed E-state index contributed by atoms with van der Waals surface area (Å²) in [6, 6.07) is 14.9. The summed E-state index contributed by atoms with van der Waals surface area (Å²) in [5.74, 6) is -2.92. The lowest BCUT2D eigenvalue weighted by Crippen LogP contribution is -2.52. The van der Waals surface area contributed by atoms with E-state index >= 15 is 0 Å². The van der Waals surface area contributed by atoms with Gasteiger partial charge in [0.25, 0.3) is 17.7 Å². The van der Waals surface area contributed by atoms with Crippen LogP contribution in [0.25, 0.3) is 0 Å². The molecule has 3 amide bonds. The van der Waals surface area contributed by atoms with Gasteiger partial charge in [-0.05, 0) is 30.4 Å². The van der Waals surface area contributed by atoms with E-state index in [0.717, 1.165) is 16.4 Å². The first-order valence-corrected chi connectivity index (χ1v) is 12.8. The Labute approximate surface area is 212 Å². The van der Waals surface area contributed by atoms with Crippen LogP contribution in [0.3, 0.4) is 0 Å². The van der Waals surface area contributed by atoms with E-state index in [9.17, 15) is 19.2 Å². The molecule has 6 atom stereocenters. The van der Waals surface area contributed by atoms with E-state index in [1.807, 2.05) is 0 Å². The van der Waals surface area contributed by atoms with Gasteiger partial charge in [-0.1, -0.05) is 85.9 Å². The summed E-state index contributed by atoms with van der Waals surface area (Å²) in [4.78, 5) is 53.8. The Morgan fingerprint density at radius 2 is 1.45 bits per heavy atom. The van der Waals surface area contributed by atoms with E-state index < -0.39 is 36.1 Å². The topological polar surface area (TPSA) is 74.8 Å². The average molecular weight is 595 g/mol. The van der Waals surface area contributed by atoms with Gasteiger partial charge in [0.1, 0.15) is 6.54 Å². The van der Waals surface area contributed by atoms with Crippen molar-refractivity contribution >= 4 is 67.0 Å². The molecule has 2 aromatic carbocycles. The number of nitrogens with zero attached hydrogens (tertiary/aromatic N) is 2. The molecule has 0 radical (unpaired) electrons. The zero-order chi connectivity index (χ0) is 23.4. The first kappa shape index (κ1) is 22.7. The highest BCUT2D eigenvalue weighted by atomic mass is 79.9. The first-order valence-electron chi connectivity index (χ1n) is 10.6. The zero-order valence-electron chi connectivity index (χ0n) is 17.2. The van der Waals surface area contributed by atoms with Gasteiger partial charge in [-0.25, -0.2) is 5.01 Å². The number of Topliss-reactive ketones (excluding diaryl/α,β-unsaturated/α-hetero) is 1. The number of amides is 3. The van der Waals surface area contributed by atoms with Crippen LogP contribution in [0.4, 0.5) is 0 Å². The Hall–Kier alpha value is -2.03. The highest BCUT2D eigenvalue weighted by Crippen LogP contribution is 2.60. The summed E-state index contributed by atoms with van der Waals surface area (Å²) in [6.45, 7) is -0.449. The van der Waals surface area contributed by atoms with E-state index in [1.54, 1.807) is 48.5 Å². The number of imide groups is 1. The lowest BCUT2D eigenvalue weighted by atomic mass is 9.81. The Balaban J connectivity index is 1.53. The molecule has 9 heteroatoms. The van der Waals surface area contributed by atoms with Crippen molar-refractivity contribution in [2.75, 3.05) is 6.54 Å². The minimum Gasteiger partial charge on any atom is -0.292 e. The number of fused-ring (bicyclic) bond motifs is 5. The molecule has 2 bridgehead atoms. The number of halogens is 3. The Morgan fingerprint density at radius 3 is 2.03 bits per heavy atom. The predicted molar refractivity (Wildman–Crippen MR) is 129 cm³/mol. The maximum Gasteiger partial charge on any atom is 0.274 e. The van der Waals surface area contributed by atoms with Gasteiger partial charge in [-0.15, -0.1) is 0 Å². The minimum atomic E-state index is -0.662. The van der Waals surface area contributed by atoms with Crippen LogP contribution >= 0.6 is 43.5 Å². The van der Waals surface area contributed by atoms with Crippen molar-refractivity contribution in [2.24, 2.45) is 23.7 Å². The Bertz CT molecular complexity index is 1130. The number of rotatable bonds is 5. The van der Waals surface area contributed by atoms with Crippen LogP contribution in [0, 0.1) is 23.7 Å². The van der Waals surface area contributed by atoms with E-state index in [1.165, 1.54) is 6.07 Å². The second kappa shape index (κ2) is 8.64. The van der Waals surface area contributed by atoms with Crippen molar-refractivity contribution in [1.29, 1.82) is 0 Å². The fourth-order valence-electron chi connectivity index (χ4n) is 5.43. The third-order valence-corrected chi connectivity index (χ3v) is 10.5. The molecule has 3 fully saturated rings. The number of hydrazine groups is 1. The lowest BCUT2D eigenvalue weighted by Gasteiger charge is -2.31. The molecule has 1 saturated heterocycles. The van der Waals surface area contributed by atoms with Crippen LogP contribution in [0.5, 0.6) is 0 Å². The van der Waals surface area contributed by atoms with Gasteiger partial charge >= 0.3 is 0 Å². The van der Waals surface area contributed by atoms with E-state index in [2.05, 4.69) is 31.9 Å². The summed E-state index contributed by atoms with van der Waals surface area (Å²) < 4.78 is 0. The van der Waals surface area contributed by atoms with Crippen molar-refractivity contribution < 1.29 is 19.2 Å². The van der Waals surface area contributed by atoms with Crippen LogP contribution in [-0.2, 0) is 9.59 Å². The number of hydrogen-bond acceptors (Lipinski definition) is 4. The molecule has 33 heavy (non-hydrogen) atoms. The smallest absolute Gasteiger partial charge is 0.274 e. The molecule has 0 unspecified atom stereocenters. The molecule has 2 aliphatic carbocycles. The molecule has 170 valence electrons. The molecule has 5 rings (SSSR count). The number of ketones is 1. The normalized spacial score (nSPS) is 30.0. The average Bonchev–Trinajstić information content (AvgIpc) is 3.43. The second-order valence-corrected chi connectivity index (χ2v) is 11.1. The monoisotopic (exact) mass is 592 g/mol. The van der Waals surface area contributed by atoms with Crippen LogP contribution in [0.2, 0.25) is 5.02 Å². The highest BCUT2D eigenvalue weighted by Gasteiger charge is 2.67. The molecule has 2 saturated carbocycles. The molecular weight excluding hydrogens is 576 g/mol.